The number of hydrogen-bond acceptors (Lipinski definition) is 3. The predicted octanol–water partition coefficient (Wildman–Crippen LogP) is 2.29. The average Bonchev–Trinajstić information content (AvgIpc) is 3.05. The lowest BCUT2D eigenvalue weighted by Crippen LogP contribution is -2.36. The summed E-state index contributed by atoms with van der Waals surface area (Å²) in [5, 5.41) is 3.56. The van der Waals surface area contributed by atoms with Gasteiger partial charge in [0.2, 0.25) is 0 Å². The van der Waals surface area contributed by atoms with E-state index in [9.17, 15) is 0 Å². The summed E-state index contributed by atoms with van der Waals surface area (Å²) in [6.07, 6.45) is 7.10. The first-order chi connectivity index (χ1) is 9.29. The number of benzene rings is 1. The van der Waals surface area contributed by atoms with Gasteiger partial charge in [0.15, 0.2) is 0 Å². The van der Waals surface area contributed by atoms with Gasteiger partial charge in [-0.15, -0.1) is 0 Å². The van der Waals surface area contributed by atoms with Crippen molar-refractivity contribution < 1.29 is 0 Å². The Morgan fingerprint density at radius 2 is 1.95 bits per heavy atom. The van der Waals surface area contributed by atoms with Gasteiger partial charge in [-0.05, 0) is 31.9 Å². The Bertz CT molecular complexity index is 432. The third-order valence-corrected chi connectivity index (χ3v) is 3.98. The van der Waals surface area contributed by atoms with Gasteiger partial charge in [0.25, 0.3) is 0 Å². The lowest BCUT2D eigenvalue weighted by Gasteiger charge is -2.24. The average molecular weight is 257 g/mol. The zero-order chi connectivity index (χ0) is 13.1. The van der Waals surface area contributed by atoms with E-state index in [1.165, 1.54) is 30.5 Å². The number of aryl methyl sites for hydroxylation is 1. The summed E-state index contributed by atoms with van der Waals surface area (Å²) >= 11 is 0. The molecule has 3 nitrogen and oxygen atoms in total. The monoisotopic (exact) mass is 257 g/mol. The first-order valence-electron chi connectivity index (χ1n) is 7.25. The Hall–Kier alpha value is -1.48. The summed E-state index contributed by atoms with van der Waals surface area (Å²) in [6, 6.07) is 9.52. The fraction of sp³-hybridized carbons (Fsp3) is 0.500. The van der Waals surface area contributed by atoms with Crippen LogP contribution in [0.1, 0.15) is 24.0 Å². The molecule has 0 radical (unpaired) electrons. The molecule has 2 aliphatic heterocycles. The molecule has 0 aromatic heterocycles. The first-order valence-corrected chi connectivity index (χ1v) is 7.25. The van der Waals surface area contributed by atoms with Gasteiger partial charge in [-0.25, -0.2) is 0 Å². The summed E-state index contributed by atoms with van der Waals surface area (Å²) in [4.78, 5) is 4.79. The molecule has 0 saturated carbocycles. The van der Waals surface area contributed by atoms with Crippen molar-refractivity contribution in [3.8, 4) is 0 Å². The van der Waals surface area contributed by atoms with Gasteiger partial charge in [-0.1, -0.05) is 29.8 Å². The highest BCUT2D eigenvalue weighted by Gasteiger charge is 2.19. The van der Waals surface area contributed by atoms with Crippen molar-refractivity contribution in [2.75, 3.05) is 19.8 Å². The molecule has 2 aliphatic rings. The van der Waals surface area contributed by atoms with E-state index in [1.54, 1.807) is 0 Å². The molecule has 1 N–H and O–H groups in total. The van der Waals surface area contributed by atoms with Crippen LogP contribution in [0.15, 0.2) is 36.7 Å². The molecular formula is C16H23N3. The van der Waals surface area contributed by atoms with Crippen LogP contribution >= 0.6 is 0 Å². The van der Waals surface area contributed by atoms with Crippen molar-refractivity contribution in [3.63, 3.8) is 0 Å². The van der Waals surface area contributed by atoms with Crippen molar-refractivity contribution in [3.05, 3.63) is 47.8 Å². The Labute approximate surface area is 115 Å². The lowest BCUT2D eigenvalue weighted by atomic mass is 10.1. The topological polar surface area (TPSA) is 18.5 Å². The van der Waals surface area contributed by atoms with Gasteiger partial charge >= 0.3 is 0 Å². The van der Waals surface area contributed by atoms with E-state index in [2.05, 4.69) is 58.7 Å². The third kappa shape index (κ3) is 3.29. The fourth-order valence-electron chi connectivity index (χ4n) is 2.86. The molecular weight excluding hydrogens is 234 g/mol. The molecule has 1 atom stereocenters. The quantitative estimate of drug-likeness (QED) is 0.893. The molecule has 0 spiro atoms. The van der Waals surface area contributed by atoms with E-state index in [0.29, 0.717) is 6.04 Å². The van der Waals surface area contributed by atoms with Gasteiger partial charge in [-0.3, -0.25) is 0 Å². The predicted molar refractivity (Wildman–Crippen MR) is 78.5 cm³/mol. The molecule has 1 aromatic rings. The summed E-state index contributed by atoms with van der Waals surface area (Å²) in [5.41, 5.74) is 2.71. The molecule has 0 amide bonds. The van der Waals surface area contributed by atoms with Crippen molar-refractivity contribution >= 4 is 0 Å². The smallest absolute Gasteiger partial charge is 0.0897 e. The summed E-state index contributed by atoms with van der Waals surface area (Å²) in [6.45, 7) is 6.49. The molecule has 0 unspecified atom stereocenters. The van der Waals surface area contributed by atoms with Crippen LogP contribution in [0.4, 0.5) is 0 Å². The van der Waals surface area contributed by atoms with E-state index < -0.39 is 0 Å². The lowest BCUT2D eigenvalue weighted by molar-refractivity contribution is 0.245. The number of nitrogens with zero attached hydrogens (tertiary/aromatic N) is 2. The van der Waals surface area contributed by atoms with Crippen LogP contribution in [0.2, 0.25) is 0 Å². The van der Waals surface area contributed by atoms with E-state index in [-0.39, 0.29) is 0 Å². The molecule has 1 saturated heterocycles. The summed E-state index contributed by atoms with van der Waals surface area (Å²) < 4.78 is 0. The molecule has 102 valence electrons. The highest BCUT2D eigenvalue weighted by Crippen LogP contribution is 2.15. The van der Waals surface area contributed by atoms with Crippen LogP contribution < -0.4 is 5.32 Å². The molecule has 2 heterocycles. The summed E-state index contributed by atoms with van der Waals surface area (Å²) in [5.74, 6) is 0. The highest BCUT2D eigenvalue weighted by molar-refractivity contribution is 5.21. The zero-order valence-corrected chi connectivity index (χ0v) is 11.7. The van der Waals surface area contributed by atoms with E-state index in [4.69, 9.17) is 0 Å². The van der Waals surface area contributed by atoms with Crippen LogP contribution in [0.5, 0.6) is 0 Å². The second-order valence-corrected chi connectivity index (χ2v) is 5.74. The molecule has 19 heavy (non-hydrogen) atoms. The minimum atomic E-state index is 0.684. The Kier molecular flexibility index (Phi) is 3.74. The molecule has 0 bridgehead atoms. The SMILES string of the molecule is Cc1ccc(CN2C=CN(C[C@@H]3CCCN3)C2)cc1. The minimum absolute atomic E-state index is 0.684. The maximum Gasteiger partial charge on any atom is 0.0897 e. The van der Waals surface area contributed by atoms with Crippen LogP contribution in [-0.2, 0) is 6.54 Å². The maximum absolute atomic E-state index is 3.56. The Morgan fingerprint density at radius 1 is 1.16 bits per heavy atom. The maximum atomic E-state index is 3.56. The van der Waals surface area contributed by atoms with Crippen LogP contribution in [0, 0.1) is 6.92 Å². The molecule has 3 rings (SSSR count). The molecule has 0 aliphatic carbocycles. The Morgan fingerprint density at radius 3 is 2.68 bits per heavy atom. The second-order valence-electron chi connectivity index (χ2n) is 5.74. The summed E-state index contributed by atoms with van der Waals surface area (Å²) in [7, 11) is 0. The minimum Gasteiger partial charge on any atom is -0.357 e. The van der Waals surface area contributed by atoms with Crippen molar-refractivity contribution in [2.24, 2.45) is 0 Å². The first kappa shape index (κ1) is 12.5. The van der Waals surface area contributed by atoms with Gasteiger partial charge in [0.1, 0.15) is 0 Å². The number of rotatable bonds is 4. The van der Waals surface area contributed by atoms with Gasteiger partial charge in [0.05, 0.1) is 6.67 Å². The number of hydrogen-bond donors (Lipinski definition) is 1. The Balaban J connectivity index is 1.49. The second kappa shape index (κ2) is 5.66. The van der Waals surface area contributed by atoms with Gasteiger partial charge in [0, 0.05) is 31.5 Å². The van der Waals surface area contributed by atoms with Crippen LogP contribution in [0.25, 0.3) is 0 Å². The van der Waals surface area contributed by atoms with Crippen molar-refractivity contribution in [2.45, 2.75) is 32.4 Å². The molecule has 1 aromatic carbocycles. The van der Waals surface area contributed by atoms with Gasteiger partial charge < -0.3 is 15.1 Å². The van der Waals surface area contributed by atoms with E-state index in [0.717, 1.165) is 19.8 Å². The molecule has 1 fully saturated rings. The number of nitrogens with one attached hydrogen (secondary N) is 1. The van der Waals surface area contributed by atoms with E-state index >= 15 is 0 Å². The van der Waals surface area contributed by atoms with Crippen LogP contribution in [0.3, 0.4) is 0 Å². The molecule has 3 heteroatoms. The highest BCUT2D eigenvalue weighted by atomic mass is 15.3. The third-order valence-electron chi connectivity index (χ3n) is 3.98. The standard InChI is InChI=1S/C16H23N3/c1-14-4-6-15(7-5-14)11-18-9-10-19(13-18)12-16-3-2-8-17-16/h4-7,9-10,16-17H,2-3,8,11-13H2,1H3/t16-/m0/s1. The van der Waals surface area contributed by atoms with E-state index in [1.807, 2.05) is 0 Å². The van der Waals surface area contributed by atoms with Crippen molar-refractivity contribution in [1.29, 1.82) is 0 Å². The largest absolute Gasteiger partial charge is 0.357 e. The normalized spacial score (nSPS) is 22.5. The zero-order valence-electron chi connectivity index (χ0n) is 11.7. The van der Waals surface area contributed by atoms with Gasteiger partial charge in [-0.2, -0.15) is 0 Å². The van der Waals surface area contributed by atoms with Crippen molar-refractivity contribution in [1.82, 2.24) is 15.1 Å². The van der Waals surface area contributed by atoms with Crippen LogP contribution in [-0.4, -0.2) is 35.6 Å². The fourth-order valence-corrected chi connectivity index (χ4v) is 2.86.